The van der Waals surface area contributed by atoms with Crippen LogP contribution in [-0.2, 0) is 4.74 Å². The van der Waals surface area contributed by atoms with Crippen LogP contribution in [0.4, 0.5) is 5.69 Å². The Hall–Kier alpha value is -1.24. The lowest BCUT2D eigenvalue weighted by Crippen LogP contribution is -2.40. The van der Waals surface area contributed by atoms with Crippen molar-refractivity contribution in [3.8, 4) is 0 Å². The van der Waals surface area contributed by atoms with E-state index in [0.29, 0.717) is 41.9 Å². The molecule has 0 atom stereocenters. The molecule has 1 saturated heterocycles. The molecule has 0 unspecified atom stereocenters. The second kappa shape index (κ2) is 5.60. The minimum atomic E-state index is -0.464. The van der Waals surface area contributed by atoms with Crippen molar-refractivity contribution in [2.45, 2.75) is 0 Å². The van der Waals surface area contributed by atoms with Crippen LogP contribution < -0.4 is 0 Å². The lowest BCUT2D eigenvalue weighted by atomic mass is 10.1. The predicted molar refractivity (Wildman–Crippen MR) is 72.2 cm³/mol. The smallest absolute Gasteiger partial charge is 0.281 e. The summed E-state index contributed by atoms with van der Waals surface area (Å²) < 4.78 is 5.23. The molecule has 0 aliphatic carbocycles. The van der Waals surface area contributed by atoms with E-state index in [-0.39, 0.29) is 5.69 Å². The van der Waals surface area contributed by atoms with Crippen molar-refractivity contribution >= 4 is 34.5 Å². The lowest BCUT2D eigenvalue weighted by Gasteiger charge is -2.29. The van der Waals surface area contributed by atoms with Gasteiger partial charge < -0.3 is 9.64 Å². The van der Waals surface area contributed by atoms with Crippen LogP contribution in [0.25, 0.3) is 0 Å². The van der Waals surface area contributed by atoms with Gasteiger partial charge in [-0.25, -0.2) is 0 Å². The van der Waals surface area contributed by atoms with Crippen molar-refractivity contribution in [3.05, 3.63) is 38.9 Å². The van der Waals surface area contributed by atoms with Crippen molar-refractivity contribution in [1.29, 1.82) is 0 Å². The molecular weight excluding hydrogens is 276 g/mol. The summed E-state index contributed by atoms with van der Waals surface area (Å²) in [6.45, 7) is 2.47. The van der Waals surface area contributed by atoms with E-state index in [1.807, 2.05) is 4.90 Å². The van der Waals surface area contributed by atoms with E-state index in [9.17, 15) is 10.1 Å². The maximum absolute atomic E-state index is 11.0. The molecular formula is C11H11ClN2O3S. The largest absolute Gasteiger partial charge is 0.378 e. The molecule has 2 rings (SSSR count). The van der Waals surface area contributed by atoms with E-state index in [1.54, 1.807) is 12.1 Å². The Morgan fingerprint density at radius 3 is 2.72 bits per heavy atom. The van der Waals surface area contributed by atoms with Crippen molar-refractivity contribution in [3.63, 3.8) is 0 Å². The van der Waals surface area contributed by atoms with Crippen LogP contribution in [0.1, 0.15) is 5.56 Å². The Balaban J connectivity index is 2.31. The Morgan fingerprint density at radius 1 is 1.44 bits per heavy atom. The Labute approximate surface area is 114 Å². The molecule has 0 amide bonds. The van der Waals surface area contributed by atoms with Gasteiger partial charge in [0.2, 0.25) is 0 Å². The molecule has 5 nitrogen and oxygen atoms in total. The van der Waals surface area contributed by atoms with Gasteiger partial charge in [-0.3, -0.25) is 10.1 Å². The van der Waals surface area contributed by atoms with Gasteiger partial charge in [-0.15, -0.1) is 0 Å². The number of ether oxygens (including phenoxy) is 1. The number of hydrogen-bond donors (Lipinski definition) is 0. The summed E-state index contributed by atoms with van der Waals surface area (Å²) in [6, 6.07) is 4.53. The molecule has 0 saturated carbocycles. The number of halogens is 1. The summed E-state index contributed by atoms with van der Waals surface area (Å²) in [5.74, 6) is 0. The highest BCUT2D eigenvalue weighted by molar-refractivity contribution is 7.80. The third kappa shape index (κ3) is 2.77. The van der Waals surface area contributed by atoms with Gasteiger partial charge in [0.15, 0.2) is 0 Å². The monoisotopic (exact) mass is 286 g/mol. The molecule has 1 aliphatic heterocycles. The van der Waals surface area contributed by atoms with Crippen LogP contribution in [0.15, 0.2) is 18.2 Å². The van der Waals surface area contributed by atoms with Gasteiger partial charge >= 0.3 is 0 Å². The average Bonchev–Trinajstić information content (AvgIpc) is 2.39. The Morgan fingerprint density at radius 2 is 2.11 bits per heavy atom. The molecule has 1 aromatic carbocycles. The van der Waals surface area contributed by atoms with Crippen molar-refractivity contribution in [2.24, 2.45) is 0 Å². The number of rotatable bonds is 2. The molecule has 1 aliphatic rings. The van der Waals surface area contributed by atoms with Crippen LogP contribution in [0.5, 0.6) is 0 Å². The maximum atomic E-state index is 11.0. The first-order valence-electron chi connectivity index (χ1n) is 5.40. The molecule has 96 valence electrons. The quantitative estimate of drug-likeness (QED) is 0.474. The minimum Gasteiger partial charge on any atom is -0.378 e. The minimum absolute atomic E-state index is 0.0565. The van der Waals surface area contributed by atoms with Crippen LogP contribution in [0.2, 0.25) is 5.02 Å². The molecule has 18 heavy (non-hydrogen) atoms. The fraction of sp³-hybridized carbons (Fsp3) is 0.364. The molecule has 0 N–H and O–H groups in total. The van der Waals surface area contributed by atoms with E-state index in [0.717, 1.165) is 0 Å². The number of thiocarbonyl (C=S) groups is 1. The van der Waals surface area contributed by atoms with Crippen LogP contribution >= 0.6 is 23.8 Å². The summed E-state index contributed by atoms with van der Waals surface area (Å²) in [5, 5.41) is 11.3. The molecule has 0 bridgehead atoms. The molecule has 1 heterocycles. The number of nitro groups is 1. The van der Waals surface area contributed by atoms with Gasteiger partial charge in [-0.1, -0.05) is 23.8 Å². The zero-order valence-corrected chi connectivity index (χ0v) is 11.0. The SMILES string of the molecule is O=[N+]([O-])c1cc(Cl)ccc1C(=S)N1CCOCC1. The van der Waals surface area contributed by atoms with E-state index >= 15 is 0 Å². The summed E-state index contributed by atoms with van der Waals surface area (Å²) in [7, 11) is 0. The summed E-state index contributed by atoms with van der Waals surface area (Å²) in [6.07, 6.45) is 0. The zero-order valence-electron chi connectivity index (χ0n) is 9.47. The number of benzene rings is 1. The van der Waals surface area contributed by atoms with Gasteiger partial charge in [-0.2, -0.15) is 0 Å². The molecule has 1 aromatic rings. The van der Waals surface area contributed by atoms with E-state index < -0.39 is 4.92 Å². The summed E-state index contributed by atoms with van der Waals surface area (Å²) in [4.78, 5) is 12.9. The molecule has 0 aromatic heterocycles. The van der Waals surface area contributed by atoms with Gasteiger partial charge in [-0.05, 0) is 12.1 Å². The van der Waals surface area contributed by atoms with Gasteiger partial charge in [0.05, 0.1) is 23.7 Å². The van der Waals surface area contributed by atoms with Gasteiger partial charge in [0.25, 0.3) is 5.69 Å². The Kier molecular flexibility index (Phi) is 4.11. The highest BCUT2D eigenvalue weighted by Crippen LogP contribution is 2.25. The van der Waals surface area contributed by atoms with Gasteiger partial charge in [0.1, 0.15) is 4.99 Å². The van der Waals surface area contributed by atoms with Crippen molar-refractivity contribution in [1.82, 2.24) is 4.90 Å². The molecule has 7 heteroatoms. The second-order valence-corrected chi connectivity index (χ2v) is 4.65. The van der Waals surface area contributed by atoms with E-state index in [4.69, 9.17) is 28.6 Å². The van der Waals surface area contributed by atoms with E-state index in [1.165, 1.54) is 6.07 Å². The van der Waals surface area contributed by atoms with E-state index in [2.05, 4.69) is 0 Å². The normalized spacial score (nSPS) is 15.5. The Bertz CT molecular complexity index is 489. The first kappa shape index (κ1) is 13.2. The average molecular weight is 287 g/mol. The second-order valence-electron chi connectivity index (χ2n) is 3.82. The molecule has 1 fully saturated rings. The highest BCUT2D eigenvalue weighted by atomic mass is 35.5. The number of hydrogen-bond acceptors (Lipinski definition) is 4. The van der Waals surface area contributed by atoms with Gasteiger partial charge in [0, 0.05) is 24.2 Å². The van der Waals surface area contributed by atoms with Crippen LogP contribution in [0.3, 0.4) is 0 Å². The number of nitrogens with zero attached hydrogens (tertiary/aromatic N) is 2. The first-order chi connectivity index (χ1) is 8.59. The summed E-state index contributed by atoms with van der Waals surface area (Å²) >= 11 is 11.1. The number of nitro benzene ring substituents is 1. The van der Waals surface area contributed by atoms with Crippen molar-refractivity contribution < 1.29 is 9.66 Å². The fourth-order valence-corrected chi connectivity index (χ4v) is 2.30. The number of morpholine rings is 1. The third-order valence-electron chi connectivity index (χ3n) is 2.69. The molecule has 0 radical (unpaired) electrons. The zero-order chi connectivity index (χ0) is 13.1. The topological polar surface area (TPSA) is 55.6 Å². The maximum Gasteiger partial charge on any atom is 0.281 e. The highest BCUT2D eigenvalue weighted by Gasteiger charge is 2.23. The predicted octanol–water partition coefficient (Wildman–Crippen LogP) is 2.26. The van der Waals surface area contributed by atoms with Crippen molar-refractivity contribution in [2.75, 3.05) is 26.3 Å². The summed E-state index contributed by atoms with van der Waals surface area (Å²) in [5.41, 5.74) is 0.375. The van der Waals surface area contributed by atoms with Crippen LogP contribution in [0, 0.1) is 10.1 Å². The lowest BCUT2D eigenvalue weighted by molar-refractivity contribution is -0.385. The fourth-order valence-electron chi connectivity index (χ4n) is 1.77. The standard InChI is InChI=1S/C11H11ClN2O3S/c12-8-1-2-9(10(7-8)14(15)16)11(18)13-3-5-17-6-4-13/h1-2,7H,3-6H2. The molecule has 0 spiro atoms. The third-order valence-corrected chi connectivity index (χ3v) is 3.40. The first-order valence-corrected chi connectivity index (χ1v) is 6.19. The van der Waals surface area contributed by atoms with Crippen LogP contribution in [-0.4, -0.2) is 41.1 Å².